The summed E-state index contributed by atoms with van der Waals surface area (Å²) in [6.07, 6.45) is -0.113. The number of halogens is 2. The molecule has 0 aliphatic heterocycles. The lowest BCUT2D eigenvalue weighted by Gasteiger charge is -2.14. The molecule has 82 valence electrons. The molecule has 15 heavy (non-hydrogen) atoms. The van der Waals surface area contributed by atoms with Gasteiger partial charge in [0.2, 0.25) is 0 Å². The number of rotatable bonds is 4. The molecule has 2 nitrogen and oxygen atoms in total. The number of carbonyl (C=O) groups is 1. The third-order valence-corrected chi connectivity index (χ3v) is 2.54. The summed E-state index contributed by atoms with van der Waals surface area (Å²) >= 11 is 11.3. The normalized spacial score (nSPS) is 12.3. The van der Waals surface area contributed by atoms with Crippen LogP contribution < -0.4 is 4.74 Å². The summed E-state index contributed by atoms with van der Waals surface area (Å²) in [6, 6.07) is 5.39. The van der Waals surface area contributed by atoms with Crippen molar-refractivity contribution in [1.29, 1.82) is 0 Å². The molecule has 0 fully saturated rings. The molecule has 0 N–H and O–H groups in total. The van der Waals surface area contributed by atoms with Crippen molar-refractivity contribution in [2.45, 2.75) is 26.4 Å². The van der Waals surface area contributed by atoms with Crippen LogP contribution in [0.1, 0.15) is 18.9 Å². The van der Waals surface area contributed by atoms with E-state index >= 15 is 0 Å². The van der Waals surface area contributed by atoms with Crippen LogP contribution in [0.2, 0.25) is 5.02 Å². The first-order valence-electron chi connectivity index (χ1n) is 4.66. The second kappa shape index (κ2) is 5.38. The molecule has 1 atom stereocenters. The van der Waals surface area contributed by atoms with Crippen LogP contribution in [-0.4, -0.2) is 11.3 Å². The molecule has 0 saturated carbocycles. The molecule has 0 spiro atoms. The first-order valence-corrected chi connectivity index (χ1v) is 5.42. The molecular weight excluding hydrogens is 235 g/mol. The molecule has 1 aromatic carbocycles. The minimum atomic E-state index is -0.633. The maximum absolute atomic E-state index is 11.0. The molecular formula is C11H12Cl2O2. The molecule has 0 amide bonds. The Morgan fingerprint density at radius 2 is 2.20 bits per heavy atom. The zero-order chi connectivity index (χ0) is 11.4. The van der Waals surface area contributed by atoms with Gasteiger partial charge in [0.1, 0.15) is 5.75 Å². The van der Waals surface area contributed by atoms with Crippen LogP contribution in [0, 0.1) is 6.92 Å². The summed E-state index contributed by atoms with van der Waals surface area (Å²) in [7, 11) is 0. The SMILES string of the molecule is CC[C@@H](Oc1cc(C)ccc1Cl)C(=O)Cl. The lowest BCUT2D eigenvalue weighted by atomic mass is 10.2. The Morgan fingerprint density at radius 3 is 2.73 bits per heavy atom. The fourth-order valence-corrected chi connectivity index (χ4v) is 1.51. The highest BCUT2D eigenvalue weighted by Gasteiger charge is 2.17. The largest absolute Gasteiger partial charge is 0.480 e. The minimum Gasteiger partial charge on any atom is -0.480 e. The van der Waals surface area contributed by atoms with E-state index in [0.717, 1.165) is 5.56 Å². The van der Waals surface area contributed by atoms with Gasteiger partial charge in [0.25, 0.3) is 5.24 Å². The zero-order valence-corrected chi connectivity index (χ0v) is 10.1. The van der Waals surface area contributed by atoms with Gasteiger partial charge in [-0.2, -0.15) is 0 Å². The molecule has 0 aliphatic rings. The highest BCUT2D eigenvalue weighted by atomic mass is 35.5. The van der Waals surface area contributed by atoms with E-state index in [9.17, 15) is 4.79 Å². The Labute approximate surface area is 99.1 Å². The summed E-state index contributed by atoms with van der Waals surface area (Å²) in [5.41, 5.74) is 1.02. The molecule has 1 aromatic rings. The van der Waals surface area contributed by atoms with Crippen molar-refractivity contribution in [3.8, 4) is 5.75 Å². The van der Waals surface area contributed by atoms with Crippen LogP contribution in [-0.2, 0) is 4.79 Å². The summed E-state index contributed by atoms with van der Waals surface area (Å²) in [5, 5.41) is -0.0213. The van der Waals surface area contributed by atoms with Crippen LogP contribution in [0.15, 0.2) is 18.2 Å². The summed E-state index contributed by atoms with van der Waals surface area (Å²) < 4.78 is 5.42. The van der Waals surface area contributed by atoms with Gasteiger partial charge < -0.3 is 4.74 Å². The molecule has 4 heteroatoms. The Kier molecular flexibility index (Phi) is 4.43. The van der Waals surface area contributed by atoms with Crippen LogP contribution in [0.5, 0.6) is 5.75 Å². The van der Waals surface area contributed by atoms with Gasteiger partial charge >= 0.3 is 0 Å². The van der Waals surface area contributed by atoms with Crippen molar-refractivity contribution in [2.24, 2.45) is 0 Å². The van der Waals surface area contributed by atoms with E-state index in [0.29, 0.717) is 17.2 Å². The van der Waals surface area contributed by atoms with Crippen molar-refractivity contribution in [2.75, 3.05) is 0 Å². The number of carbonyl (C=O) groups excluding carboxylic acids is 1. The third kappa shape index (κ3) is 3.40. The van der Waals surface area contributed by atoms with Gasteiger partial charge in [0.05, 0.1) is 5.02 Å². The number of ether oxygens (including phenoxy) is 1. The Morgan fingerprint density at radius 1 is 1.53 bits per heavy atom. The molecule has 0 radical (unpaired) electrons. The minimum absolute atomic E-state index is 0.483. The average molecular weight is 247 g/mol. The van der Waals surface area contributed by atoms with Crippen molar-refractivity contribution in [1.82, 2.24) is 0 Å². The number of benzene rings is 1. The van der Waals surface area contributed by atoms with E-state index in [2.05, 4.69) is 0 Å². The van der Waals surface area contributed by atoms with E-state index in [-0.39, 0.29) is 0 Å². The van der Waals surface area contributed by atoms with Gasteiger partial charge in [0, 0.05) is 0 Å². The molecule has 0 aromatic heterocycles. The molecule has 0 heterocycles. The van der Waals surface area contributed by atoms with E-state index < -0.39 is 11.3 Å². The third-order valence-electron chi connectivity index (χ3n) is 1.98. The predicted molar refractivity (Wildman–Crippen MR) is 61.8 cm³/mol. The van der Waals surface area contributed by atoms with Gasteiger partial charge in [-0.05, 0) is 42.6 Å². The van der Waals surface area contributed by atoms with E-state index in [1.165, 1.54) is 0 Å². The second-order valence-corrected chi connectivity index (χ2v) is 4.03. The first-order chi connectivity index (χ1) is 7.04. The molecule has 0 saturated heterocycles. The van der Waals surface area contributed by atoms with Crippen LogP contribution in [0.3, 0.4) is 0 Å². The summed E-state index contributed by atoms with van der Waals surface area (Å²) in [6.45, 7) is 3.75. The lowest BCUT2D eigenvalue weighted by Crippen LogP contribution is -2.22. The fraction of sp³-hybridized carbons (Fsp3) is 0.364. The second-order valence-electron chi connectivity index (χ2n) is 3.25. The van der Waals surface area contributed by atoms with Crippen LogP contribution in [0.25, 0.3) is 0 Å². The summed E-state index contributed by atoms with van der Waals surface area (Å²) in [5.74, 6) is 0.498. The molecule has 0 aliphatic carbocycles. The Hall–Kier alpha value is -0.730. The highest BCUT2D eigenvalue weighted by molar-refractivity contribution is 6.64. The van der Waals surface area contributed by atoms with Gasteiger partial charge in [-0.3, -0.25) is 4.79 Å². The van der Waals surface area contributed by atoms with Gasteiger partial charge in [-0.15, -0.1) is 0 Å². The van der Waals surface area contributed by atoms with Gasteiger partial charge in [-0.1, -0.05) is 24.6 Å². The monoisotopic (exact) mass is 246 g/mol. The number of aryl methyl sites for hydroxylation is 1. The molecule has 0 unspecified atom stereocenters. The maximum atomic E-state index is 11.0. The van der Waals surface area contributed by atoms with E-state index in [4.69, 9.17) is 27.9 Å². The number of hydrogen-bond acceptors (Lipinski definition) is 2. The average Bonchev–Trinajstić information content (AvgIpc) is 2.18. The van der Waals surface area contributed by atoms with Gasteiger partial charge in [0.15, 0.2) is 6.10 Å². The zero-order valence-electron chi connectivity index (χ0n) is 8.59. The quantitative estimate of drug-likeness (QED) is 0.760. The molecule has 0 bridgehead atoms. The van der Waals surface area contributed by atoms with E-state index in [1.54, 1.807) is 12.1 Å². The maximum Gasteiger partial charge on any atom is 0.262 e. The topological polar surface area (TPSA) is 26.3 Å². The van der Waals surface area contributed by atoms with Crippen LogP contribution in [0.4, 0.5) is 0 Å². The van der Waals surface area contributed by atoms with Gasteiger partial charge in [-0.25, -0.2) is 0 Å². The van der Waals surface area contributed by atoms with Crippen molar-refractivity contribution < 1.29 is 9.53 Å². The predicted octanol–water partition coefficient (Wildman–Crippen LogP) is 3.57. The smallest absolute Gasteiger partial charge is 0.262 e. The summed E-state index contributed by atoms with van der Waals surface area (Å²) in [4.78, 5) is 11.0. The first kappa shape index (κ1) is 12.3. The van der Waals surface area contributed by atoms with Crippen LogP contribution >= 0.6 is 23.2 Å². The molecule has 1 rings (SSSR count). The fourth-order valence-electron chi connectivity index (χ4n) is 1.14. The number of hydrogen-bond donors (Lipinski definition) is 0. The lowest BCUT2D eigenvalue weighted by molar-refractivity contribution is -0.117. The highest BCUT2D eigenvalue weighted by Crippen LogP contribution is 2.27. The van der Waals surface area contributed by atoms with E-state index in [1.807, 2.05) is 19.9 Å². The Balaban J connectivity index is 2.87. The van der Waals surface area contributed by atoms with Crippen molar-refractivity contribution in [3.63, 3.8) is 0 Å². The van der Waals surface area contributed by atoms with Crippen molar-refractivity contribution in [3.05, 3.63) is 28.8 Å². The Bertz CT molecular complexity index is 364. The van der Waals surface area contributed by atoms with Crippen molar-refractivity contribution >= 4 is 28.4 Å². The standard InChI is InChI=1S/C11H12Cl2O2/c1-3-9(11(13)14)15-10-6-7(2)4-5-8(10)12/h4-6,9H,3H2,1-2H3/t9-/m1/s1.